The van der Waals surface area contributed by atoms with Crippen molar-refractivity contribution >= 4 is 21.7 Å². The summed E-state index contributed by atoms with van der Waals surface area (Å²) < 4.78 is 6.10. The Morgan fingerprint density at radius 1 is 1.56 bits per heavy atom. The Balaban J connectivity index is 2.25. The highest BCUT2D eigenvalue weighted by Gasteiger charge is 2.22. The third-order valence-electron chi connectivity index (χ3n) is 2.75. The van der Waals surface area contributed by atoms with Gasteiger partial charge in [0.1, 0.15) is 16.2 Å². The van der Waals surface area contributed by atoms with Gasteiger partial charge in [-0.1, -0.05) is 13.8 Å². The lowest BCUT2D eigenvalue weighted by Crippen LogP contribution is -2.42. The fourth-order valence-electron chi connectivity index (χ4n) is 1.78. The number of aromatic nitrogens is 2. The quantitative estimate of drug-likeness (QED) is 0.783. The highest BCUT2D eigenvalue weighted by molar-refractivity contribution is 9.10. The Hall–Kier alpha value is -1.19. The molecule has 2 heterocycles. The van der Waals surface area contributed by atoms with Crippen LogP contribution in [0.15, 0.2) is 10.7 Å². The molecular weight excluding hydrogens is 296 g/mol. The number of hydrogen-bond donors (Lipinski definition) is 0. The Kier molecular flexibility index (Phi) is 4.15. The van der Waals surface area contributed by atoms with Crippen molar-refractivity contribution in [2.45, 2.75) is 25.9 Å². The molecule has 0 aliphatic carbocycles. The van der Waals surface area contributed by atoms with Crippen LogP contribution in [0, 0.1) is 11.3 Å². The SMILES string of the molecule is CC(C)c1nc(Br)cc(N2CCOC(C#N)C2)n1. The standard InChI is InChI=1S/C12H15BrN4O/c1-8(2)12-15-10(13)5-11(16-12)17-3-4-18-9(6-14)7-17/h5,8-9H,3-4,7H2,1-2H3. The van der Waals surface area contributed by atoms with Gasteiger partial charge in [-0.3, -0.25) is 0 Å². The minimum atomic E-state index is -0.380. The third-order valence-corrected chi connectivity index (χ3v) is 3.16. The summed E-state index contributed by atoms with van der Waals surface area (Å²) in [6.07, 6.45) is -0.380. The first kappa shape index (κ1) is 13.2. The zero-order valence-corrected chi connectivity index (χ0v) is 12.0. The first-order valence-corrected chi connectivity index (χ1v) is 6.70. The van der Waals surface area contributed by atoms with Gasteiger partial charge in [-0.05, 0) is 15.9 Å². The highest BCUT2D eigenvalue weighted by atomic mass is 79.9. The van der Waals surface area contributed by atoms with Gasteiger partial charge in [0.15, 0.2) is 6.10 Å². The number of morpholine rings is 1. The molecular formula is C12H15BrN4O. The van der Waals surface area contributed by atoms with Crippen LogP contribution in [0.4, 0.5) is 5.82 Å². The second-order valence-corrected chi connectivity index (χ2v) is 5.31. The number of anilines is 1. The second kappa shape index (κ2) is 5.63. The molecule has 0 saturated carbocycles. The van der Waals surface area contributed by atoms with E-state index in [0.717, 1.165) is 22.8 Å². The molecule has 0 aromatic carbocycles. The van der Waals surface area contributed by atoms with Gasteiger partial charge in [-0.2, -0.15) is 5.26 Å². The molecule has 5 nitrogen and oxygen atoms in total. The van der Waals surface area contributed by atoms with Gasteiger partial charge < -0.3 is 9.64 Å². The normalized spacial score (nSPS) is 19.9. The molecule has 0 bridgehead atoms. The maximum absolute atomic E-state index is 8.91. The summed E-state index contributed by atoms with van der Waals surface area (Å²) in [5.74, 6) is 1.93. The predicted molar refractivity (Wildman–Crippen MR) is 71.4 cm³/mol. The van der Waals surface area contributed by atoms with Gasteiger partial charge in [-0.15, -0.1) is 0 Å². The van der Waals surface area contributed by atoms with Crippen LogP contribution < -0.4 is 4.90 Å². The van der Waals surface area contributed by atoms with Crippen molar-refractivity contribution < 1.29 is 4.74 Å². The number of nitriles is 1. The highest BCUT2D eigenvalue weighted by Crippen LogP contribution is 2.21. The molecule has 0 radical (unpaired) electrons. The van der Waals surface area contributed by atoms with E-state index in [1.807, 2.05) is 6.07 Å². The van der Waals surface area contributed by atoms with Crippen molar-refractivity contribution in [3.63, 3.8) is 0 Å². The summed E-state index contributed by atoms with van der Waals surface area (Å²) in [6.45, 7) is 5.97. The molecule has 0 spiro atoms. The van der Waals surface area contributed by atoms with E-state index in [4.69, 9.17) is 10.00 Å². The zero-order chi connectivity index (χ0) is 13.1. The second-order valence-electron chi connectivity index (χ2n) is 4.50. The van der Waals surface area contributed by atoms with Crippen LogP contribution >= 0.6 is 15.9 Å². The van der Waals surface area contributed by atoms with E-state index >= 15 is 0 Å². The van der Waals surface area contributed by atoms with Crippen molar-refractivity contribution in [1.82, 2.24) is 9.97 Å². The van der Waals surface area contributed by atoms with Crippen molar-refractivity contribution in [1.29, 1.82) is 5.26 Å². The van der Waals surface area contributed by atoms with E-state index in [2.05, 4.69) is 50.7 Å². The fraction of sp³-hybridized carbons (Fsp3) is 0.583. The number of halogens is 1. The topological polar surface area (TPSA) is 62.0 Å². The maximum Gasteiger partial charge on any atom is 0.161 e. The van der Waals surface area contributed by atoms with Gasteiger partial charge in [-0.25, -0.2) is 9.97 Å². The Labute approximate surface area is 115 Å². The van der Waals surface area contributed by atoms with Gasteiger partial charge in [0.05, 0.1) is 19.2 Å². The zero-order valence-electron chi connectivity index (χ0n) is 10.4. The smallest absolute Gasteiger partial charge is 0.161 e. The fourth-order valence-corrected chi connectivity index (χ4v) is 2.16. The lowest BCUT2D eigenvalue weighted by Gasteiger charge is -2.31. The third kappa shape index (κ3) is 2.98. The molecule has 1 atom stereocenters. The average molecular weight is 311 g/mol. The van der Waals surface area contributed by atoms with Crippen molar-refractivity contribution in [3.05, 3.63) is 16.5 Å². The molecule has 0 N–H and O–H groups in total. The summed E-state index contributed by atoms with van der Waals surface area (Å²) in [5.41, 5.74) is 0. The van der Waals surface area contributed by atoms with Crippen LogP contribution in [0.2, 0.25) is 0 Å². The Bertz CT molecular complexity index is 472. The van der Waals surface area contributed by atoms with E-state index in [-0.39, 0.29) is 12.0 Å². The summed E-state index contributed by atoms with van der Waals surface area (Å²) in [6, 6.07) is 4.02. The number of ether oxygens (including phenoxy) is 1. The van der Waals surface area contributed by atoms with E-state index in [9.17, 15) is 0 Å². The number of rotatable bonds is 2. The summed E-state index contributed by atoms with van der Waals surface area (Å²) in [5, 5.41) is 8.91. The molecule has 1 saturated heterocycles. The van der Waals surface area contributed by atoms with Crippen molar-refractivity contribution in [2.24, 2.45) is 0 Å². The molecule has 96 valence electrons. The molecule has 1 aliphatic heterocycles. The maximum atomic E-state index is 8.91. The first-order valence-electron chi connectivity index (χ1n) is 5.91. The van der Waals surface area contributed by atoms with E-state index in [1.54, 1.807) is 0 Å². The molecule has 18 heavy (non-hydrogen) atoms. The van der Waals surface area contributed by atoms with Crippen LogP contribution in [0.5, 0.6) is 0 Å². The monoisotopic (exact) mass is 310 g/mol. The van der Waals surface area contributed by atoms with Crippen LogP contribution in [0.25, 0.3) is 0 Å². The van der Waals surface area contributed by atoms with Crippen molar-refractivity contribution in [3.8, 4) is 6.07 Å². The molecule has 1 unspecified atom stereocenters. The van der Waals surface area contributed by atoms with E-state index in [0.29, 0.717) is 13.2 Å². The molecule has 1 aromatic heterocycles. The molecule has 2 rings (SSSR count). The Morgan fingerprint density at radius 2 is 2.33 bits per heavy atom. The molecule has 0 amide bonds. The number of hydrogen-bond acceptors (Lipinski definition) is 5. The summed E-state index contributed by atoms with van der Waals surface area (Å²) >= 11 is 3.41. The summed E-state index contributed by atoms with van der Waals surface area (Å²) in [4.78, 5) is 11.0. The molecule has 6 heteroatoms. The predicted octanol–water partition coefficient (Wildman–Crippen LogP) is 2.09. The van der Waals surface area contributed by atoms with Gasteiger partial charge >= 0.3 is 0 Å². The van der Waals surface area contributed by atoms with E-state index in [1.165, 1.54) is 0 Å². The van der Waals surface area contributed by atoms with E-state index < -0.39 is 0 Å². The molecule has 1 aliphatic rings. The Morgan fingerprint density at radius 3 is 3.00 bits per heavy atom. The van der Waals surface area contributed by atoms with Crippen LogP contribution in [0.1, 0.15) is 25.6 Å². The minimum absolute atomic E-state index is 0.272. The van der Waals surface area contributed by atoms with Crippen LogP contribution in [-0.2, 0) is 4.74 Å². The molecule has 1 fully saturated rings. The lowest BCUT2D eigenvalue weighted by atomic mass is 10.2. The van der Waals surface area contributed by atoms with Crippen molar-refractivity contribution in [2.75, 3.05) is 24.6 Å². The van der Waals surface area contributed by atoms with Gasteiger partial charge in [0.2, 0.25) is 0 Å². The van der Waals surface area contributed by atoms with Crippen LogP contribution in [-0.4, -0.2) is 35.8 Å². The van der Waals surface area contributed by atoms with Gasteiger partial charge in [0, 0.05) is 18.5 Å². The average Bonchev–Trinajstić information content (AvgIpc) is 2.38. The molecule has 1 aromatic rings. The number of nitrogens with zero attached hydrogens (tertiary/aromatic N) is 4. The van der Waals surface area contributed by atoms with Crippen LogP contribution in [0.3, 0.4) is 0 Å². The van der Waals surface area contributed by atoms with Gasteiger partial charge in [0.25, 0.3) is 0 Å². The lowest BCUT2D eigenvalue weighted by molar-refractivity contribution is 0.0761. The first-order chi connectivity index (χ1) is 8.60. The largest absolute Gasteiger partial charge is 0.360 e. The minimum Gasteiger partial charge on any atom is -0.360 e. The summed E-state index contributed by atoms with van der Waals surface area (Å²) in [7, 11) is 0.